The predicted molar refractivity (Wildman–Crippen MR) is 68.8 cm³/mol. The van der Waals surface area contributed by atoms with Crippen molar-refractivity contribution in [2.75, 3.05) is 13.1 Å². The topological polar surface area (TPSA) is 83.7 Å². The highest BCUT2D eigenvalue weighted by atomic mass is 19.1. The Morgan fingerprint density at radius 2 is 2.05 bits per heavy atom. The van der Waals surface area contributed by atoms with Crippen molar-refractivity contribution < 1.29 is 19.2 Å². The van der Waals surface area contributed by atoms with Crippen molar-refractivity contribution in [3.63, 3.8) is 0 Å². The average molecular weight is 282 g/mol. The zero-order chi connectivity index (χ0) is 14.9. The van der Waals surface area contributed by atoms with Crippen molar-refractivity contribution in [1.82, 2.24) is 4.90 Å². The van der Waals surface area contributed by atoms with Gasteiger partial charge in [-0.25, -0.2) is 0 Å². The van der Waals surface area contributed by atoms with Crippen LogP contribution < -0.4 is 0 Å². The van der Waals surface area contributed by atoms with Gasteiger partial charge in [0.1, 0.15) is 0 Å². The Morgan fingerprint density at radius 1 is 1.45 bits per heavy atom. The summed E-state index contributed by atoms with van der Waals surface area (Å²) in [5.41, 5.74) is -1.41. The molecule has 1 aromatic carbocycles. The first-order valence-electron chi connectivity index (χ1n) is 6.26. The van der Waals surface area contributed by atoms with Crippen LogP contribution in [0.5, 0.6) is 0 Å². The summed E-state index contributed by atoms with van der Waals surface area (Å²) in [6.07, 6.45) is 0.893. The lowest BCUT2D eigenvalue weighted by molar-refractivity contribution is -0.387. The zero-order valence-corrected chi connectivity index (χ0v) is 11.0. The molecule has 1 aliphatic rings. The minimum atomic E-state index is -0.965. The van der Waals surface area contributed by atoms with E-state index >= 15 is 0 Å². The lowest BCUT2D eigenvalue weighted by atomic mass is 9.93. The number of carbonyl (C=O) groups excluding carboxylic acids is 1. The maximum atomic E-state index is 13.2. The standard InChI is InChI=1S/C13H15FN2O4/c1-13(18)4-6-15(7-5-13)12(17)9-2-3-10(14)11(8-9)16(19)20/h2-3,8,18H,4-7H2,1H3. The molecule has 1 heterocycles. The van der Waals surface area contributed by atoms with E-state index in [1.54, 1.807) is 6.92 Å². The molecule has 108 valence electrons. The molecule has 1 aromatic rings. The molecule has 0 unspecified atom stereocenters. The highest BCUT2D eigenvalue weighted by molar-refractivity contribution is 5.94. The normalized spacial score (nSPS) is 17.9. The van der Waals surface area contributed by atoms with E-state index in [1.807, 2.05) is 0 Å². The van der Waals surface area contributed by atoms with Gasteiger partial charge in [0.25, 0.3) is 5.91 Å². The first-order valence-corrected chi connectivity index (χ1v) is 6.26. The van der Waals surface area contributed by atoms with Gasteiger partial charge in [0.15, 0.2) is 0 Å². The van der Waals surface area contributed by atoms with Crippen LogP contribution in [0.4, 0.5) is 10.1 Å². The van der Waals surface area contributed by atoms with Gasteiger partial charge in [-0.05, 0) is 31.9 Å². The fraction of sp³-hybridized carbons (Fsp3) is 0.462. The second-order valence-electron chi connectivity index (χ2n) is 5.21. The van der Waals surface area contributed by atoms with Crippen LogP contribution in [0.15, 0.2) is 18.2 Å². The molecule has 0 atom stereocenters. The number of amides is 1. The fourth-order valence-corrected chi connectivity index (χ4v) is 2.16. The third-order valence-corrected chi connectivity index (χ3v) is 3.52. The Kier molecular flexibility index (Phi) is 3.71. The number of nitro benzene ring substituents is 1. The molecule has 0 bridgehead atoms. The molecular weight excluding hydrogens is 267 g/mol. The molecule has 1 amide bonds. The van der Waals surface area contributed by atoms with E-state index in [1.165, 1.54) is 11.0 Å². The molecule has 1 N–H and O–H groups in total. The minimum absolute atomic E-state index is 0.0830. The van der Waals surface area contributed by atoms with E-state index in [0.29, 0.717) is 25.9 Å². The van der Waals surface area contributed by atoms with Crippen molar-refractivity contribution in [2.45, 2.75) is 25.4 Å². The number of benzene rings is 1. The van der Waals surface area contributed by atoms with Gasteiger partial charge in [0.2, 0.25) is 5.82 Å². The van der Waals surface area contributed by atoms with Gasteiger partial charge >= 0.3 is 5.69 Å². The summed E-state index contributed by atoms with van der Waals surface area (Å²) in [7, 11) is 0. The second-order valence-corrected chi connectivity index (χ2v) is 5.21. The van der Waals surface area contributed by atoms with Gasteiger partial charge in [-0.1, -0.05) is 0 Å². The summed E-state index contributed by atoms with van der Waals surface area (Å²) in [5.74, 6) is -1.35. The number of rotatable bonds is 2. The number of likely N-dealkylation sites (tertiary alicyclic amines) is 1. The lowest BCUT2D eigenvalue weighted by Gasteiger charge is -2.35. The van der Waals surface area contributed by atoms with Crippen LogP contribution in [0.2, 0.25) is 0 Å². The summed E-state index contributed by atoms with van der Waals surface area (Å²) in [5, 5.41) is 20.5. The summed E-state index contributed by atoms with van der Waals surface area (Å²) in [4.78, 5) is 23.5. The molecule has 20 heavy (non-hydrogen) atoms. The number of hydrogen-bond donors (Lipinski definition) is 1. The van der Waals surface area contributed by atoms with Gasteiger partial charge < -0.3 is 10.0 Å². The van der Waals surface area contributed by atoms with Crippen molar-refractivity contribution in [2.24, 2.45) is 0 Å². The predicted octanol–water partition coefficient (Wildman–Crippen LogP) is 1.72. The number of carbonyl (C=O) groups is 1. The Hall–Kier alpha value is -2.02. The molecule has 6 nitrogen and oxygen atoms in total. The van der Waals surface area contributed by atoms with Gasteiger partial charge in [-0.15, -0.1) is 0 Å². The van der Waals surface area contributed by atoms with Crippen molar-refractivity contribution >= 4 is 11.6 Å². The van der Waals surface area contributed by atoms with Gasteiger partial charge in [0.05, 0.1) is 10.5 Å². The van der Waals surface area contributed by atoms with Crippen LogP contribution in [-0.4, -0.2) is 39.5 Å². The largest absolute Gasteiger partial charge is 0.390 e. The molecule has 0 aliphatic carbocycles. The molecular formula is C13H15FN2O4. The van der Waals surface area contributed by atoms with E-state index in [4.69, 9.17) is 0 Å². The van der Waals surface area contributed by atoms with Gasteiger partial charge in [-0.3, -0.25) is 14.9 Å². The molecule has 0 radical (unpaired) electrons. The molecule has 7 heteroatoms. The van der Waals surface area contributed by atoms with Gasteiger partial charge in [0, 0.05) is 24.7 Å². The minimum Gasteiger partial charge on any atom is -0.390 e. The highest BCUT2D eigenvalue weighted by Crippen LogP contribution is 2.24. The molecule has 0 aromatic heterocycles. The van der Waals surface area contributed by atoms with E-state index in [2.05, 4.69) is 0 Å². The number of piperidine rings is 1. The number of halogens is 1. The SMILES string of the molecule is CC1(O)CCN(C(=O)c2ccc(F)c([N+](=O)[O-])c2)CC1. The van der Waals surface area contributed by atoms with Crippen molar-refractivity contribution in [3.05, 3.63) is 39.7 Å². The van der Waals surface area contributed by atoms with Crippen molar-refractivity contribution in [1.29, 1.82) is 0 Å². The molecule has 0 saturated carbocycles. The maximum absolute atomic E-state index is 13.2. The number of aliphatic hydroxyl groups is 1. The lowest BCUT2D eigenvalue weighted by Crippen LogP contribution is -2.45. The summed E-state index contributed by atoms with van der Waals surface area (Å²) >= 11 is 0. The Labute approximate surface area is 115 Å². The first kappa shape index (κ1) is 14.4. The van der Waals surface area contributed by atoms with E-state index in [-0.39, 0.29) is 11.5 Å². The number of nitrogens with zero attached hydrogens (tertiary/aromatic N) is 2. The third-order valence-electron chi connectivity index (χ3n) is 3.52. The van der Waals surface area contributed by atoms with E-state index in [9.17, 15) is 24.4 Å². The van der Waals surface area contributed by atoms with Crippen molar-refractivity contribution in [3.8, 4) is 0 Å². The number of nitro groups is 1. The zero-order valence-electron chi connectivity index (χ0n) is 11.0. The van der Waals surface area contributed by atoms with Crippen LogP contribution in [0.1, 0.15) is 30.1 Å². The highest BCUT2D eigenvalue weighted by Gasteiger charge is 2.30. The smallest absolute Gasteiger partial charge is 0.305 e. The number of hydrogen-bond acceptors (Lipinski definition) is 4. The monoisotopic (exact) mass is 282 g/mol. The summed E-state index contributed by atoms with van der Waals surface area (Å²) in [6, 6.07) is 3.10. The third kappa shape index (κ3) is 2.93. The van der Waals surface area contributed by atoms with E-state index in [0.717, 1.165) is 12.1 Å². The van der Waals surface area contributed by atoms with Crippen LogP contribution in [0.25, 0.3) is 0 Å². The van der Waals surface area contributed by atoms with Crippen LogP contribution in [0.3, 0.4) is 0 Å². The summed E-state index contributed by atoms with van der Waals surface area (Å²) < 4.78 is 13.2. The molecule has 0 spiro atoms. The van der Waals surface area contributed by atoms with Crippen LogP contribution in [0, 0.1) is 15.9 Å². The summed E-state index contributed by atoms with van der Waals surface area (Å²) in [6.45, 7) is 2.45. The Morgan fingerprint density at radius 3 is 2.60 bits per heavy atom. The fourth-order valence-electron chi connectivity index (χ4n) is 2.16. The molecule has 1 aliphatic heterocycles. The molecule has 2 rings (SSSR count). The van der Waals surface area contributed by atoms with E-state index < -0.39 is 22.0 Å². The molecule has 1 fully saturated rings. The second kappa shape index (κ2) is 5.16. The van der Waals surface area contributed by atoms with Crippen LogP contribution in [-0.2, 0) is 0 Å². The quantitative estimate of drug-likeness (QED) is 0.661. The molecule has 1 saturated heterocycles. The van der Waals surface area contributed by atoms with Crippen LogP contribution >= 0.6 is 0 Å². The Balaban J connectivity index is 2.18. The first-order chi connectivity index (χ1) is 9.30. The average Bonchev–Trinajstić information content (AvgIpc) is 2.38. The Bertz CT molecular complexity index is 549. The maximum Gasteiger partial charge on any atom is 0.305 e. The van der Waals surface area contributed by atoms with Gasteiger partial charge in [-0.2, -0.15) is 4.39 Å².